The zero-order chi connectivity index (χ0) is 13.7. The van der Waals surface area contributed by atoms with Crippen LogP contribution in [0.25, 0.3) is 0 Å². The number of nitrogens with one attached hydrogen (secondary N) is 1. The van der Waals surface area contributed by atoms with Gasteiger partial charge in [0.05, 0.1) is 12.6 Å². The number of hydrogen-bond donors (Lipinski definition) is 2. The second-order valence-corrected chi connectivity index (χ2v) is 5.01. The standard InChI is InChI=1S/C12H22N2O4/c1-8(2)10(7-18-3)13-12(17)14(6-11(15)16)9-4-5-9/h8-10H,4-7H2,1-3H3,(H,13,17)(H,15,16). The van der Waals surface area contributed by atoms with Crippen LogP contribution in [-0.2, 0) is 9.53 Å². The fourth-order valence-corrected chi connectivity index (χ4v) is 1.72. The molecule has 0 spiro atoms. The molecule has 1 atom stereocenters. The van der Waals surface area contributed by atoms with Crippen LogP contribution in [0.1, 0.15) is 26.7 Å². The van der Waals surface area contributed by atoms with E-state index in [0.29, 0.717) is 6.61 Å². The van der Waals surface area contributed by atoms with Crippen LogP contribution in [0, 0.1) is 5.92 Å². The molecule has 6 heteroatoms. The lowest BCUT2D eigenvalue weighted by atomic mass is 10.1. The Bertz CT molecular complexity index is 302. The highest BCUT2D eigenvalue weighted by Crippen LogP contribution is 2.26. The quantitative estimate of drug-likeness (QED) is 0.711. The molecule has 1 fully saturated rings. The first-order chi connectivity index (χ1) is 8.45. The Morgan fingerprint density at radius 3 is 2.44 bits per heavy atom. The molecule has 0 aromatic carbocycles. The van der Waals surface area contributed by atoms with Crippen molar-refractivity contribution in [3.05, 3.63) is 0 Å². The normalized spacial score (nSPS) is 16.4. The average Bonchev–Trinajstić information content (AvgIpc) is 3.08. The van der Waals surface area contributed by atoms with Crippen LogP contribution in [0.15, 0.2) is 0 Å². The lowest BCUT2D eigenvalue weighted by Crippen LogP contribution is -2.50. The van der Waals surface area contributed by atoms with Crippen molar-refractivity contribution in [2.45, 2.75) is 38.8 Å². The van der Waals surface area contributed by atoms with E-state index in [-0.39, 0.29) is 30.6 Å². The number of hydrogen-bond acceptors (Lipinski definition) is 3. The Hall–Kier alpha value is -1.30. The molecule has 0 saturated heterocycles. The van der Waals surface area contributed by atoms with Gasteiger partial charge in [0.2, 0.25) is 0 Å². The van der Waals surface area contributed by atoms with Gasteiger partial charge in [-0.15, -0.1) is 0 Å². The molecule has 0 aromatic heterocycles. The summed E-state index contributed by atoms with van der Waals surface area (Å²) in [7, 11) is 1.58. The summed E-state index contributed by atoms with van der Waals surface area (Å²) >= 11 is 0. The Kier molecular flexibility index (Phi) is 5.40. The molecule has 1 saturated carbocycles. The SMILES string of the molecule is COCC(NC(=O)N(CC(=O)O)C1CC1)C(C)C. The van der Waals surface area contributed by atoms with Gasteiger partial charge in [0.25, 0.3) is 0 Å². The molecule has 0 aliphatic heterocycles. The highest BCUT2D eigenvalue weighted by Gasteiger charge is 2.34. The summed E-state index contributed by atoms with van der Waals surface area (Å²) in [4.78, 5) is 24.2. The van der Waals surface area contributed by atoms with Crippen LogP contribution in [0.5, 0.6) is 0 Å². The highest BCUT2D eigenvalue weighted by atomic mass is 16.5. The summed E-state index contributed by atoms with van der Waals surface area (Å²) in [6, 6.07) is -0.329. The number of methoxy groups -OCH3 is 1. The molecule has 0 heterocycles. The van der Waals surface area contributed by atoms with Crippen LogP contribution in [0.2, 0.25) is 0 Å². The maximum Gasteiger partial charge on any atom is 0.323 e. The topological polar surface area (TPSA) is 78.9 Å². The summed E-state index contributed by atoms with van der Waals surface area (Å²) in [6.07, 6.45) is 1.77. The van der Waals surface area contributed by atoms with Gasteiger partial charge in [-0.3, -0.25) is 4.79 Å². The van der Waals surface area contributed by atoms with Crippen molar-refractivity contribution in [1.29, 1.82) is 0 Å². The van der Waals surface area contributed by atoms with Crippen LogP contribution < -0.4 is 5.32 Å². The maximum atomic E-state index is 12.0. The van der Waals surface area contributed by atoms with E-state index in [1.807, 2.05) is 13.8 Å². The smallest absolute Gasteiger partial charge is 0.323 e. The minimum atomic E-state index is -0.982. The van der Waals surface area contributed by atoms with Crippen molar-refractivity contribution in [2.75, 3.05) is 20.3 Å². The van der Waals surface area contributed by atoms with Crippen molar-refractivity contribution in [3.8, 4) is 0 Å². The van der Waals surface area contributed by atoms with Crippen molar-refractivity contribution >= 4 is 12.0 Å². The predicted octanol–water partition coefficient (Wildman–Crippen LogP) is 0.916. The van der Waals surface area contributed by atoms with Crippen LogP contribution >= 0.6 is 0 Å². The molecule has 2 N–H and O–H groups in total. The van der Waals surface area contributed by atoms with E-state index >= 15 is 0 Å². The van der Waals surface area contributed by atoms with Gasteiger partial charge in [0.15, 0.2) is 0 Å². The number of carbonyl (C=O) groups excluding carboxylic acids is 1. The summed E-state index contributed by atoms with van der Waals surface area (Å²) in [5, 5.41) is 11.7. The van der Waals surface area contributed by atoms with Gasteiger partial charge in [-0.1, -0.05) is 13.8 Å². The fourth-order valence-electron chi connectivity index (χ4n) is 1.72. The molecular formula is C12H22N2O4. The second kappa shape index (κ2) is 6.58. The number of carbonyl (C=O) groups is 2. The van der Waals surface area contributed by atoms with Crippen molar-refractivity contribution in [1.82, 2.24) is 10.2 Å². The zero-order valence-corrected chi connectivity index (χ0v) is 11.2. The number of amides is 2. The first-order valence-corrected chi connectivity index (χ1v) is 6.23. The molecule has 18 heavy (non-hydrogen) atoms. The zero-order valence-electron chi connectivity index (χ0n) is 11.2. The first-order valence-electron chi connectivity index (χ1n) is 6.23. The van der Waals surface area contributed by atoms with Gasteiger partial charge in [-0.25, -0.2) is 4.79 Å². The van der Waals surface area contributed by atoms with E-state index in [9.17, 15) is 9.59 Å². The predicted molar refractivity (Wildman–Crippen MR) is 66.4 cm³/mol. The monoisotopic (exact) mass is 258 g/mol. The average molecular weight is 258 g/mol. The third-order valence-electron chi connectivity index (χ3n) is 3.01. The van der Waals surface area contributed by atoms with Gasteiger partial charge in [-0.2, -0.15) is 0 Å². The van der Waals surface area contributed by atoms with Crippen LogP contribution in [0.3, 0.4) is 0 Å². The molecular weight excluding hydrogens is 236 g/mol. The van der Waals surface area contributed by atoms with Gasteiger partial charge in [0, 0.05) is 13.2 Å². The molecule has 2 amide bonds. The number of nitrogens with zero attached hydrogens (tertiary/aromatic N) is 1. The number of ether oxygens (including phenoxy) is 1. The lowest BCUT2D eigenvalue weighted by molar-refractivity contribution is -0.137. The number of carboxylic acid groups (broad SMARTS) is 1. The van der Waals surface area contributed by atoms with E-state index in [4.69, 9.17) is 9.84 Å². The van der Waals surface area contributed by atoms with Gasteiger partial charge in [-0.05, 0) is 18.8 Å². The lowest BCUT2D eigenvalue weighted by Gasteiger charge is -2.27. The van der Waals surface area contributed by atoms with E-state index < -0.39 is 5.97 Å². The van der Waals surface area contributed by atoms with Gasteiger partial charge < -0.3 is 20.1 Å². The van der Waals surface area contributed by atoms with E-state index in [0.717, 1.165) is 12.8 Å². The molecule has 1 unspecified atom stereocenters. The molecule has 6 nitrogen and oxygen atoms in total. The Balaban J connectivity index is 2.56. The summed E-state index contributed by atoms with van der Waals surface area (Å²) < 4.78 is 5.05. The first kappa shape index (κ1) is 14.8. The molecule has 1 rings (SSSR count). The Labute approximate surface area is 107 Å². The van der Waals surface area contributed by atoms with Crippen LogP contribution in [-0.4, -0.2) is 54.4 Å². The molecule has 0 bridgehead atoms. The molecule has 0 aromatic rings. The Morgan fingerprint density at radius 1 is 1.44 bits per heavy atom. The highest BCUT2D eigenvalue weighted by molar-refractivity contribution is 5.80. The summed E-state index contributed by atoms with van der Waals surface area (Å²) in [6.45, 7) is 4.16. The third-order valence-corrected chi connectivity index (χ3v) is 3.01. The molecule has 0 radical (unpaired) electrons. The minimum Gasteiger partial charge on any atom is -0.480 e. The number of rotatable bonds is 7. The van der Waals surface area contributed by atoms with Gasteiger partial charge >= 0.3 is 12.0 Å². The largest absolute Gasteiger partial charge is 0.480 e. The third kappa shape index (κ3) is 4.52. The maximum absolute atomic E-state index is 12.0. The van der Waals surface area contributed by atoms with Crippen molar-refractivity contribution < 1.29 is 19.4 Å². The van der Waals surface area contributed by atoms with Crippen molar-refractivity contribution in [3.63, 3.8) is 0 Å². The fraction of sp³-hybridized carbons (Fsp3) is 0.833. The minimum absolute atomic E-state index is 0.0801. The molecule has 1 aliphatic carbocycles. The van der Waals surface area contributed by atoms with Crippen LogP contribution in [0.4, 0.5) is 4.79 Å². The second-order valence-electron chi connectivity index (χ2n) is 5.01. The number of carboxylic acids is 1. The number of aliphatic carboxylic acids is 1. The summed E-state index contributed by atoms with van der Waals surface area (Å²) in [5.41, 5.74) is 0. The molecule has 1 aliphatic rings. The molecule has 104 valence electrons. The van der Waals surface area contributed by atoms with E-state index in [1.54, 1.807) is 7.11 Å². The van der Waals surface area contributed by atoms with Gasteiger partial charge in [0.1, 0.15) is 6.54 Å². The van der Waals surface area contributed by atoms with Crippen molar-refractivity contribution in [2.24, 2.45) is 5.92 Å². The number of urea groups is 1. The summed E-state index contributed by atoms with van der Waals surface area (Å²) in [5.74, 6) is -0.746. The van der Waals surface area contributed by atoms with E-state index in [1.165, 1.54) is 4.90 Å². The Morgan fingerprint density at radius 2 is 2.06 bits per heavy atom. The van der Waals surface area contributed by atoms with E-state index in [2.05, 4.69) is 5.32 Å².